The zero-order valence-electron chi connectivity index (χ0n) is 14.4. The lowest BCUT2D eigenvalue weighted by Crippen LogP contribution is -2.45. The van der Waals surface area contributed by atoms with Gasteiger partial charge >= 0.3 is 6.03 Å². The van der Waals surface area contributed by atoms with Crippen LogP contribution < -0.4 is 10.6 Å². The number of aliphatic hydroxyl groups is 1. The molecule has 0 radical (unpaired) electrons. The molecule has 2 aromatic rings. The van der Waals surface area contributed by atoms with Gasteiger partial charge in [-0.25, -0.2) is 4.79 Å². The summed E-state index contributed by atoms with van der Waals surface area (Å²) in [7, 11) is 0. The largest absolute Gasteiger partial charge is 0.393 e. The lowest BCUT2D eigenvalue weighted by molar-refractivity contribution is 0.117. The van der Waals surface area contributed by atoms with Gasteiger partial charge in [0.25, 0.3) is 0 Å². The van der Waals surface area contributed by atoms with Crippen molar-refractivity contribution in [3.63, 3.8) is 0 Å². The first-order chi connectivity index (χ1) is 12.2. The summed E-state index contributed by atoms with van der Waals surface area (Å²) in [5, 5.41) is 15.8. The van der Waals surface area contributed by atoms with Crippen molar-refractivity contribution in [3.8, 4) is 0 Å². The van der Waals surface area contributed by atoms with E-state index in [1.165, 1.54) is 5.56 Å². The Hall–Kier alpha value is -2.33. The van der Waals surface area contributed by atoms with E-state index in [1.54, 1.807) is 0 Å². The van der Waals surface area contributed by atoms with Crippen LogP contribution in [0.3, 0.4) is 0 Å². The van der Waals surface area contributed by atoms with Crippen LogP contribution in [0.5, 0.6) is 0 Å². The van der Waals surface area contributed by atoms with E-state index in [1.807, 2.05) is 48.5 Å². The van der Waals surface area contributed by atoms with Crippen molar-refractivity contribution in [2.75, 3.05) is 0 Å². The van der Waals surface area contributed by atoms with E-state index in [4.69, 9.17) is 0 Å². The van der Waals surface area contributed by atoms with E-state index in [0.29, 0.717) is 0 Å². The van der Waals surface area contributed by atoms with Crippen LogP contribution in [0.2, 0.25) is 0 Å². The number of carbonyl (C=O) groups excluding carboxylic acids is 1. The molecule has 1 fully saturated rings. The highest BCUT2D eigenvalue weighted by molar-refractivity contribution is 5.74. The maximum atomic E-state index is 12.5. The highest BCUT2D eigenvalue weighted by atomic mass is 16.3. The lowest BCUT2D eigenvalue weighted by atomic mass is 9.93. The molecule has 4 nitrogen and oxygen atoms in total. The van der Waals surface area contributed by atoms with Crippen molar-refractivity contribution in [1.82, 2.24) is 10.6 Å². The zero-order valence-corrected chi connectivity index (χ0v) is 14.4. The second-order valence-corrected chi connectivity index (χ2v) is 6.78. The molecule has 1 aliphatic rings. The second kappa shape index (κ2) is 8.67. The number of urea groups is 1. The normalized spacial score (nSPS) is 21.3. The Labute approximate surface area is 149 Å². The molecule has 4 heteroatoms. The van der Waals surface area contributed by atoms with Gasteiger partial charge in [0.05, 0.1) is 12.1 Å². The zero-order chi connectivity index (χ0) is 17.5. The van der Waals surface area contributed by atoms with E-state index < -0.39 is 0 Å². The molecule has 3 rings (SSSR count). The maximum absolute atomic E-state index is 12.5. The summed E-state index contributed by atoms with van der Waals surface area (Å²) in [6, 6.07) is 20.2. The van der Waals surface area contributed by atoms with Gasteiger partial charge in [-0.3, -0.25) is 0 Å². The van der Waals surface area contributed by atoms with E-state index in [9.17, 15) is 9.90 Å². The predicted molar refractivity (Wildman–Crippen MR) is 99.3 cm³/mol. The molecule has 0 saturated heterocycles. The average molecular weight is 338 g/mol. The molecule has 1 aliphatic carbocycles. The fourth-order valence-electron chi connectivity index (χ4n) is 3.39. The minimum Gasteiger partial charge on any atom is -0.393 e. The molecule has 132 valence electrons. The molecule has 0 aliphatic heterocycles. The van der Waals surface area contributed by atoms with Gasteiger partial charge in [-0.2, -0.15) is 0 Å². The lowest BCUT2D eigenvalue weighted by Gasteiger charge is -2.27. The Morgan fingerprint density at radius 1 is 0.960 bits per heavy atom. The SMILES string of the molecule is O=C(NC1CCC(O)CC1)NC(Cc1ccccc1)c1ccccc1. The van der Waals surface area contributed by atoms with Crippen molar-refractivity contribution in [2.24, 2.45) is 0 Å². The van der Waals surface area contributed by atoms with E-state index >= 15 is 0 Å². The van der Waals surface area contributed by atoms with Gasteiger partial charge in [-0.15, -0.1) is 0 Å². The van der Waals surface area contributed by atoms with Crippen molar-refractivity contribution >= 4 is 6.03 Å². The van der Waals surface area contributed by atoms with Gasteiger partial charge in [0.1, 0.15) is 0 Å². The highest BCUT2D eigenvalue weighted by Gasteiger charge is 2.22. The molecule has 2 aromatic carbocycles. The Morgan fingerprint density at radius 3 is 2.20 bits per heavy atom. The topological polar surface area (TPSA) is 61.4 Å². The summed E-state index contributed by atoms with van der Waals surface area (Å²) < 4.78 is 0. The van der Waals surface area contributed by atoms with Crippen LogP contribution in [0.15, 0.2) is 60.7 Å². The predicted octanol–water partition coefficient (Wildman–Crippen LogP) is 3.57. The smallest absolute Gasteiger partial charge is 0.315 e. The Kier molecular flexibility index (Phi) is 6.07. The molecule has 0 spiro atoms. The molecule has 0 aromatic heterocycles. The van der Waals surface area contributed by atoms with Gasteiger partial charge in [-0.05, 0) is 43.2 Å². The molecule has 0 heterocycles. The molecular weight excluding hydrogens is 312 g/mol. The van der Waals surface area contributed by atoms with E-state index in [0.717, 1.165) is 37.7 Å². The third-order valence-electron chi connectivity index (χ3n) is 4.82. The number of hydrogen-bond acceptors (Lipinski definition) is 2. The first-order valence-corrected chi connectivity index (χ1v) is 9.04. The van der Waals surface area contributed by atoms with Gasteiger partial charge in [0.15, 0.2) is 0 Å². The van der Waals surface area contributed by atoms with Crippen molar-refractivity contribution in [2.45, 2.75) is 50.3 Å². The van der Waals surface area contributed by atoms with Gasteiger partial charge < -0.3 is 15.7 Å². The van der Waals surface area contributed by atoms with Crippen LogP contribution in [0, 0.1) is 0 Å². The Morgan fingerprint density at radius 2 is 1.56 bits per heavy atom. The van der Waals surface area contributed by atoms with Crippen molar-refractivity contribution < 1.29 is 9.90 Å². The summed E-state index contributed by atoms with van der Waals surface area (Å²) in [5.41, 5.74) is 2.29. The highest BCUT2D eigenvalue weighted by Crippen LogP contribution is 2.20. The quantitative estimate of drug-likeness (QED) is 0.780. The fourth-order valence-corrected chi connectivity index (χ4v) is 3.39. The van der Waals surface area contributed by atoms with Gasteiger partial charge in [0, 0.05) is 6.04 Å². The number of nitrogens with one attached hydrogen (secondary N) is 2. The number of hydrogen-bond donors (Lipinski definition) is 3. The van der Waals surface area contributed by atoms with E-state index in [-0.39, 0.29) is 24.2 Å². The maximum Gasteiger partial charge on any atom is 0.315 e. The molecular formula is C21H26N2O2. The second-order valence-electron chi connectivity index (χ2n) is 6.78. The summed E-state index contributed by atoms with van der Waals surface area (Å²) in [6.45, 7) is 0. The number of carbonyl (C=O) groups is 1. The van der Waals surface area contributed by atoms with Crippen LogP contribution in [0.25, 0.3) is 0 Å². The van der Waals surface area contributed by atoms with Crippen molar-refractivity contribution in [3.05, 3.63) is 71.8 Å². The molecule has 0 bridgehead atoms. The molecule has 25 heavy (non-hydrogen) atoms. The van der Waals surface area contributed by atoms with Gasteiger partial charge in [0.2, 0.25) is 0 Å². The van der Waals surface area contributed by atoms with Crippen LogP contribution >= 0.6 is 0 Å². The summed E-state index contributed by atoms with van der Waals surface area (Å²) in [5.74, 6) is 0. The first kappa shape index (κ1) is 17.5. The van der Waals surface area contributed by atoms with Crippen LogP contribution in [-0.4, -0.2) is 23.3 Å². The first-order valence-electron chi connectivity index (χ1n) is 9.04. The van der Waals surface area contributed by atoms with Crippen LogP contribution in [0.4, 0.5) is 4.79 Å². The number of aliphatic hydroxyl groups excluding tert-OH is 1. The van der Waals surface area contributed by atoms with Crippen LogP contribution in [-0.2, 0) is 6.42 Å². The third kappa shape index (κ3) is 5.33. The van der Waals surface area contributed by atoms with Gasteiger partial charge in [-0.1, -0.05) is 60.7 Å². The molecule has 1 saturated carbocycles. The third-order valence-corrected chi connectivity index (χ3v) is 4.82. The number of benzene rings is 2. The molecule has 2 amide bonds. The summed E-state index contributed by atoms with van der Waals surface area (Å²) in [4.78, 5) is 12.5. The summed E-state index contributed by atoms with van der Waals surface area (Å²) in [6.07, 6.45) is 3.73. The number of amides is 2. The minimum atomic E-state index is -0.212. The average Bonchev–Trinajstić information content (AvgIpc) is 2.65. The Bertz CT molecular complexity index is 652. The minimum absolute atomic E-state index is 0.0715. The number of rotatable bonds is 5. The monoisotopic (exact) mass is 338 g/mol. The molecule has 1 atom stereocenters. The molecule has 3 N–H and O–H groups in total. The Balaban J connectivity index is 1.64. The summed E-state index contributed by atoms with van der Waals surface area (Å²) >= 11 is 0. The van der Waals surface area contributed by atoms with Crippen molar-refractivity contribution in [1.29, 1.82) is 0 Å². The van der Waals surface area contributed by atoms with Crippen LogP contribution in [0.1, 0.15) is 42.9 Å². The van der Waals surface area contributed by atoms with E-state index in [2.05, 4.69) is 22.8 Å². The fraction of sp³-hybridized carbons (Fsp3) is 0.381. The molecule has 1 unspecified atom stereocenters. The standard InChI is InChI=1S/C21H26N2O2/c24-19-13-11-18(12-14-19)22-21(25)23-20(17-9-5-2-6-10-17)15-16-7-3-1-4-8-16/h1-10,18-20,24H,11-15H2,(H2,22,23,25).